The molecule has 1 aliphatic heterocycles. The Morgan fingerprint density at radius 1 is 1.29 bits per heavy atom. The standard InChI is InChI=1S/C16H18IN3O/c1-12-15-7-4-8-19(15)9-10-20(12)11-16(21)18-14-6-3-2-5-13(14)17/h2-8,12H,9-11H2,1H3,(H,18,21)/t12-/m0/s1. The molecule has 1 atom stereocenters. The lowest BCUT2D eigenvalue weighted by atomic mass is 10.1. The summed E-state index contributed by atoms with van der Waals surface area (Å²) < 4.78 is 3.32. The van der Waals surface area contributed by atoms with Crippen molar-refractivity contribution in [3.05, 3.63) is 51.9 Å². The fraction of sp³-hybridized carbons (Fsp3) is 0.312. The zero-order valence-corrected chi connectivity index (χ0v) is 14.1. The van der Waals surface area contributed by atoms with Crippen LogP contribution < -0.4 is 5.32 Å². The van der Waals surface area contributed by atoms with Crippen LogP contribution in [0.5, 0.6) is 0 Å². The maximum Gasteiger partial charge on any atom is 0.238 e. The van der Waals surface area contributed by atoms with E-state index in [1.165, 1.54) is 5.69 Å². The van der Waals surface area contributed by atoms with Crippen LogP contribution in [0.3, 0.4) is 0 Å². The van der Waals surface area contributed by atoms with Crippen molar-refractivity contribution in [1.82, 2.24) is 9.47 Å². The lowest BCUT2D eigenvalue weighted by Crippen LogP contribution is -2.41. The van der Waals surface area contributed by atoms with Crippen LogP contribution in [0.25, 0.3) is 0 Å². The molecule has 0 fully saturated rings. The molecule has 0 saturated carbocycles. The largest absolute Gasteiger partial charge is 0.349 e. The molecule has 1 N–H and O–H groups in total. The van der Waals surface area contributed by atoms with Crippen molar-refractivity contribution in [2.24, 2.45) is 0 Å². The first-order valence-corrected chi connectivity index (χ1v) is 8.16. The van der Waals surface area contributed by atoms with Crippen molar-refractivity contribution in [2.75, 3.05) is 18.4 Å². The minimum absolute atomic E-state index is 0.0472. The van der Waals surface area contributed by atoms with Crippen molar-refractivity contribution in [2.45, 2.75) is 19.5 Å². The Morgan fingerprint density at radius 2 is 2.10 bits per heavy atom. The summed E-state index contributed by atoms with van der Waals surface area (Å²) in [5.74, 6) is 0.0472. The predicted octanol–water partition coefficient (Wildman–Crippen LogP) is 3.11. The number of nitrogens with one attached hydrogen (secondary N) is 1. The van der Waals surface area contributed by atoms with Gasteiger partial charge in [-0.25, -0.2) is 0 Å². The molecule has 0 saturated heterocycles. The summed E-state index contributed by atoms with van der Waals surface area (Å²) >= 11 is 2.24. The molecule has 5 heteroatoms. The van der Waals surface area contributed by atoms with Gasteiger partial charge in [-0.3, -0.25) is 9.69 Å². The second-order valence-corrected chi connectivity index (χ2v) is 6.46. The Bertz CT molecular complexity index is 652. The van der Waals surface area contributed by atoms with Crippen LogP contribution in [0.4, 0.5) is 5.69 Å². The summed E-state index contributed by atoms with van der Waals surface area (Å²) in [7, 11) is 0. The van der Waals surface area contributed by atoms with Gasteiger partial charge in [-0.1, -0.05) is 12.1 Å². The molecule has 2 aromatic rings. The first-order valence-electron chi connectivity index (χ1n) is 7.08. The number of amides is 1. The van der Waals surface area contributed by atoms with Crippen molar-refractivity contribution < 1.29 is 4.79 Å². The number of aromatic nitrogens is 1. The number of benzene rings is 1. The van der Waals surface area contributed by atoms with E-state index in [1.807, 2.05) is 24.3 Å². The minimum Gasteiger partial charge on any atom is -0.349 e. The Kier molecular flexibility index (Phi) is 4.30. The zero-order valence-electron chi connectivity index (χ0n) is 11.9. The van der Waals surface area contributed by atoms with Gasteiger partial charge in [0.05, 0.1) is 12.2 Å². The van der Waals surface area contributed by atoms with E-state index in [0.29, 0.717) is 6.54 Å². The van der Waals surface area contributed by atoms with Gasteiger partial charge in [-0.05, 0) is 53.8 Å². The van der Waals surface area contributed by atoms with Crippen molar-refractivity contribution in [1.29, 1.82) is 0 Å². The summed E-state index contributed by atoms with van der Waals surface area (Å²) in [5.41, 5.74) is 2.17. The van der Waals surface area contributed by atoms with E-state index < -0.39 is 0 Å². The molecular weight excluding hydrogens is 377 g/mol. The predicted molar refractivity (Wildman–Crippen MR) is 92.2 cm³/mol. The summed E-state index contributed by atoms with van der Waals surface area (Å²) in [6.45, 7) is 4.44. The van der Waals surface area contributed by atoms with E-state index in [0.717, 1.165) is 22.3 Å². The Morgan fingerprint density at radius 3 is 2.90 bits per heavy atom. The lowest BCUT2D eigenvalue weighted by Gasteiger charge is -2.34. The van der Waals surface area contributed by atoms with E-state index in [-0.39, 0.29) is 11.9 Å². The molecule has 21 heavy (non-hydrogen) atoms. The number of hydrogen-bond donors (Lipinski definition) is 1. The Balaban J connectivity index is 1.65. The highest BCUT2D eigenvalue weighted by molar-refractivity contribution is 14.1. The van der Waals surface area contributed by atoms with Crippen LogP contribution >= 0.6 is 22.6 Å². The van der Waals surface area contributed by atoms with E-state index in [4.69, 9.17) is 0 Å². The maximum absolute atomic E-state index is 12.3. The number of para-hydroxylation sites is 1. The summed E-state index contributed by atoms with van der Waals surface area (Å²) in [6, 6.07) is 12.3. The average molecular weight is 395 g/mol. The van der Waals surface area contributed by atoms with Crippen molar-refractivity contribution in [3.8, 4) is 0 Å². The molecule has 0 radical (unpaired) electrons. The number of fused-ring (bicyclic) bond motifs is 1. The zero-order chi connectivity index (χ0) is 14.8. The van der Waals surface area contributed by atoms with Gasteiger partial charge in [0.15, 0.2) is 0 Å². The highest BCUT2D eigenvalue weighted by atomic mass is 127. The highest BCUT2D eigenvalue weighted by Crippen LogP contribution is 2.25. The van der Waals surface area contributed by atoms with Crippen molar-refractivity contribution >= 4 is 34.2 Å². The second-order valence-electron chi connectivity index (χ2n) is 5.30. The molecule has 0 aliphatic carbocycles. The van der Waals surface area contributed by atoms with Crippen LogP contribution in [0, 0.1) is 3.57 Å². The van der Waals surface area contributed by atoms with E-state index >= 15 is 0 Å². The van der Waals surface area contributed by atoms with Crippen LogP contribution in [-0.2, 0) is 11.3 Å². The number of rotatable bonds is 3. The molecule has 3 rings (SSSR count). The Hall–Kier alpha value is -1.34. The molecule has 0 spiro atoms. The third kappa shape index (κ3) is 3.13. The number of halogens is 1. The Labute approximate surface area is 138 Å². The SMILES string of the molecule is C[C@H]1c2cccn2CCN1CC(=O)Nc1ccccc1I. The van der Waals surface area contributed by atoms with E-state index in [1.54, 1.807) is 0 Å². The highest BCUT2D eigenvalue weighted by Gasteiger charge is 2.25. The fourth-order valence-corrected chi connectivity index (χ4v) is 3.30. The molecule has 110 valence electrons. The summed E-state index contributed by atoms with van der Waals surface area (Å²) in [6.07, 6.45) is 2.11. The quantitative estimate of drug-likeness (QED) is 0.812. The molecule has 2 heterocycles. The second kappa shape index (κ2) is 6.19. The van der Waals surface area contributed by atoms with Crippen LogP contribution in [0.1, 0.15) is 18.7 Å². The third-order valence-corrected chi connectivity index (χ3v) is 4.90. The number of hydrogen-bond acceptors (Lipinski definition) is 2. The van der Waals surface area contributed by atoms with Gasteiger partial charge in [0.2, 0.25) is 5.91 Å². The fourth-order valence-electron chi connectivity index (χ4n) is 2.78. The molecule has 1 aromatic carbocycles. The molecule has 4 nitrogen and oxygen atoms in total. The average Bonchev–Trinajstić information content (AvgIpc) is 2.94. The maximum atomic E-state index is 12.3. The van der Waals surface area contributed by atoms with E-state index in [9.17, 15) is 4.79 Å². The third-order valence-electron chi connectivity index (χ3n) is 3.96. The number of carbonyl (C=O) groups excluding carboxylic acids is 1. The van der Waals surface area contributed by atoms with Gasteiger partial charge in [0.1, 0.15) is 0 Å². The molecule has 1 aliphatic rings. The molecule has 1 aromatic heterocycles. The number of nitrogens with zero attached hydrogens (tertiary/aromatic N) is 2. The number of anilines is 1. The first kappa shape index (κ1) is 14.6. The molecule has 0 unspecified atom stereocenters. The van der Waals surface area contributed by atoms with Gasteiger partial charge in [0, 0.05) is 34.6 Å². The molecule has 0 bridgehead atoms. The smallest absolute Gasteiger partial charge is 0.238 e. The summed E-state index contributed by atoms with van der Waals surface area (Å²) in [5, 5.41) is 3.00. The van der Waals surface area contributed by atoms with Crippen molar-refractivity contribution in [3.63, 3.8) is 0 Å². The van der Waals surface area contributed by atoms with E-state index in [2.05, 4.69) is 62.6 Å². The topological polar surface area (TPSA) is 37.3 Å². The van der Waals surface area contributed by atoms with Gasteiger partial charge >= 0.3 is 0 Å². The molecule has 1 amide bonds. The molecular formula is C16H18IN3O. The van der Waals surface area contributed by atoms with Gasteiger partial charge in [-0.15, -0.1) is 0 Å². The van der Waals surface area contributed by atoms with Crippen LogP contribution in [0.2, 0.25) is 0 Å². The minimum atomic E-state index is 0.0472. The van der Waals surface area contributed by atoms with Gasteiger partial charge in [0.25, 0.3) is 0 Å². The van der Waals surface area contributed by atoms with Gasteiger partial charge in [-0.2, -0.15) is 0 Å². The van der Waals surface area contributed by atoms with Crippen LogP contribution in [0.15, 0.2) is 42.6 Å². The number of carbonyl (C=O) groups is 1. The lowest BCUT2D eigenvalue weighted by molar-refractivity contribution is -0.118. The monoisotopic (exact) mass is 395 g/mol. The summed E-state index contributed by atoms with van der Waals surface area (Å²) in [4.78, 5) is 14.5. The van der Waals surface area contributed by atoms with Crippen LogP contribution in [-0.4, -0.2) is 28.5 Å². The van der Waals surface area contributed by atoms with Gasteiger partial charge < -0.3 is 9.88 Å². The first-order chi connectivity index (χ1) is 10.1. The normalized spacial score (nSPS) is 18.3.